The van der Waals surface area contributed by atoms with Crippen LogP contribution in [0.25, 0.3) is 11.3 Å². The highest BCUT2D eigenvalue weighted by Gasteiger charge is 2.32. The SMILES string of the molecule is O=S(=O)(Nc1nc(-c2c(Cl)cc(C(F)(F)F)cc2Cl)cs1)c1cc(F)c(Br)cc1F. The topological polar surface area (TPSA) is 59.1 Å². The van der Waals surface area contributed by atoms with Gasteiger partial charge in [0.2, 0.25) is 0 Å². The van der Waals surface area contributed by atoms with Crippen LogP contribution in [0.4, 0.5) is 27.1 Å². The maximum absolute atomic E-state index is 14.0. The summed E-state index contributed by atoms with van der Waals surface area (Å²) in [5.74, 6) is -2.21. The lowest BCUT2D eigenvalue weighted by Crippen LogP contribution is -2.15. The molecule has 0 atom stereocenters. The maximum atomic E-state index is 14.0. The van der Waals surface area contributed by atoms with E-state index in [0.717, 1.165) is 11.3 Å². The zero-order chi connectivity index (χ0) is 22.4. The van der Waals surface area contributed by atoms with Gasteiger partial charge in [0.05, 0.1) is 25.8 Å². The molecule has 0 aliphatic heterocycles. The number of aromatic nitrogens is 1. The summed E-state index contributed by atoms with van der Waals surface area (Å²) in [6, 6.07) is 2.46. The third-order valence-electron chi connectivity index (χ3n) is 3.62. The second-order valence-electron chi connectivity index (χ2n) is 5.65. The Balaban J connectivity index is 1.95. The molecule has 2 aromatic carbocycles. The Morgan fingerprint density at radius 3 is 2.20 bits per heavy atom. The van der Waals surface area contributed by atoms with E-state index in [1.807, 2.05) is 4.72 Å². The number of hydrogen-bond donors (Lipinski definition) is 1. The summed E-state index contributed by atoms with van der Waals surface area (Å²) in [5, 5.41) is 0.322. The molecule has 1 heterocycles. The van der Waals surface area contributed by atoms with E-state index in [9.17, 15) is 30.4 Å². The van der Waals surface area contributed by atoms with Gasteiger partial charge in [0, 0.05) is 10.9 Å². The summed E-state index contributed by atoms with van der Waals surface area (Å²) in [6.07, 6.45) is -4.67. The van der Waals surface area contributed by atoms with Crippen LogP contribution in [0.15, 0.2) is 39.0 Å². The Bertz CT molecular complexity index is 1230. The summed E-state index contributed by atoms with van der Waals surface area (Å²) in [4.78, 5) is 2.97. The third-order valence-corrected chi connectivity index (χ3v) is 7.06. The molecular weight excluding hydrogens is 562 g/mol. The summed E-state index contributed by atoms with van der Waals surface area (Å²) in [7, 11) is -4.55. The van der Waals surface area contributed by atoms with Gasteiger partial charge in [-0.25, -0.2) is 22.2 Å². The van der Waals surface area contributed by atoms with E-state index >= 15 is 0 Å². The molecule has 0 amide bonds. The highest BCUT2D eigenvalue weighted by molar-refractivity contribution is 9.10. The van der Waals surface area contributed by atoms with Gasteiger partial charge in [0.25, 0.3) is 10.0 Å². The van der Waals surface area contributed by atoms with Gasteiger partial charge in [0.1, 0.15) is 16.5 Å². The van der Waals surface area contributed by atoms with E-state index in [0.29, 0.717) is 24.3 Å². The molecule has 30 heavy (non-hydrogen) atoms. The number of hydrogen-bond acceptors (Lipinski definition) is 4. The first-order chi connectivity index (χ1) is 13.8. The number of alkyl halides is 3. The Morgan fingerprint density at radius 1 is 1.03 bits per heavy atom. The first kappa shape index (κ1) is 23.2. The normalized spacial score (nSPS) is 12.3. The Hall–Kier alpha value is -1.47. The van der Waals surface area contributed by atoms with Crippen LogP contribution in [0.5, 0.6) is 0 Å². The van der Waals surface area contributed by atoms with E-state index in [-0.39, 0.29) is 30.9 Å². The standard InChI is InChI=1S/C16H6BrCl2F5N2O2S2/c17-7-3-11(21)13(4-10(7)20)30(27,28)26-15-25-12(5-29-15)14-8(18)1-6(2-9(14)19)16(22,23)24/h1-5H,(H,25,26). The Kier molecular flexibility index (Phi) is 6.36. The smallest absolute Gasteiger partial charge is 0.255 e. The van der Waals surface area contributed by atoms with Crippen LogP contribution < -0.4 is 4.72 Å². The van der Waals surface area contributed by atoms with Gasteiger partial charge in [-0.1, -0.05) is 23.2 Å². The van der Waals surface area contributed by atoms with Crippen molar-refractivity contribution >= 4 is 65.6 Å². The number of thiazole rings is 1. The molecule has 0 spiro atoms. The number of anilines is 1. The quantitative estimate of drug-likeness (QED) is 0.273. The second kappa shape index (κ2) is 8.23. The molecule has 0 saturated carbocycles. The predicted molar refractivity (Wildman–Crippen MR) is 107 cm³/mol. The minimum atomic E-state index is -4.67. The second-order valence-corrected chi connectivity index (χ2v) is 9.83. The van der Waals surface area contributed by atoms with Crippen LogP contribution in [0, 0.1) is 11.6 Å². The highest BCUT2D eigenvalue weighted by atomic mass is 79.9. The molecule has 0 radical (unpaired) electrons. The van der Waals surface area contributed by atoms with Crippen molar-refractivity contribution in [3.63, 3.8) is 0 Å². The van der Waals surface area contributed by atoms with Crippen molar-refractivity contribution in [3.05, 3.63) is 61.4 Å². The van der Waals surface area contributed by atoms with Gasteiger partial charge in [-0.2, -0.15) is 13.2 Å². The molecule has 0 fully saturated rings. The first-order valence-corrected chi connectivity index (χ1v) is 11.4. The largest absolute Gasteiger partial charge is 0.416 e. The van der Waals surface area contributed by atoms with Crippen molar-refractivity contribution in [2.24, 2.45) is 0 Å². The minimum Gasteiger partial charge on any atom is -0.255 e. The fourth-order valence-electron chi connectivity index (χ4n) is 2.30. The molecule has 0 unspecified atom stereocenters. The molecule has 1 aromatic heterocycles. The molecule has 0 saturated heterocycles. The average molecular weight is 568 g/mol. The van der Waals surface area contributed by atoms with Crippen LogP contribution >= 0.6 is 50.5 Å². The van der Waals surface area contributed by atoms with Crippen molar-refractivity contribution in [1.82, 2.24) is 4.98 Å². The van der Waals surface area contributed by atoms with Crippen molar-refractivity contribution in [2.45, 2.75) is 11.1 Å². The minimum absolute atomic E-state index is 0.0103. The van der Waals surface area contributed by atoms with Crippen LogP contribution in [0.1, 0.15) is 5.56 Å². The maximum Gasteiger partial charge on any atom is 0.416 e. The van der Waals surface area contributed by atoms with Crippen LogP contribution in [-0.2, 0) is 16.2 Å². The van der Waals surface area contributed by atoms with E-state index in [2.05, 4.69) is 20.9 Å². The van der Waals surface area contributed by atoms with E-state index in [4.69, 9.17) is 23.2 Å². The Labute approximate surface area is 188 Å². The van der Waals surface area contributed by atoms with Gasteiger partial charge in [-0.15, -0.1) is 11.3 Å². The molecule has 0 bridgehead atoms. The molecular formula is C16H6BrCl2F5N2O2S2. The number of nitrogens with zero attached hydrogens (tertiary/aromatic N) is 1. The van der Waals surface area contributed by atoms with Crippen LogP contribution in [0.2, 0.25) is 10.0 Å². The molecule has 3 rings (SSSR count). The summed E-state index contributed by atoms with van der Waals surface area (Å²) in [6.45, 7) is 0. The third kappa shape index (κ3) is 4.72. The van der Waals surface area contributed by atoms with Gasteiger partial charge in [0.15, 0.2) is 5.13 Å². The van der Waals surface area contributed by atoms with Crippen molar-refractivity contribution in [1.29, 1.82) is 0 Å². The monoisotopic (exact) mass is 566 g/mol. The summed E-state index contributed by atoms with van der Waals surface area (Å²) < 4.78 is 92.6. The number of halogens is 8. The van der Waals surface area contributed by atoms with Crippen molar-refractivity contribution in [3.8, 4) is 11.3 Å². The predicted octanol–water partition coefficient (Wildman–Crippen LogP) is 6.98. The number of sulfonamides is 1. The lowest BCUT2D eigenvalue weighted by Gasteiger charge is -2.11. The van der Waals surface area contributed by atoms with Crippen LogP contribution in [-0.4, -0.2) is 13.4 Å². The van der Waals surface area contributed by atoms with Gasteiger partial charge < -0.3 is 0 Å². The highest BCUT2D eigenvalue weighted by Crippen LogP contribution is 2.41. The van der Waals surface area contributed by atoms with Crippen LogP contribution in [0.3, 0.4) is 0 Å². The van der Waals surface area contributed by atoms with Crippen molar-refractivity contribution in [2.75, 3.05) is 4.72 Å². The first-order valence-electron chi connectivity index (χ1n) is 7.49. The summed E-state index contributed by atoms with van der Waals surface area (Å²) >= 11 is 15.3. The molecule has 3 aromatic rings. The van der Waals surface area contributed by atoms with Gasteiger partial charge in [-0.05, 0) is 40.2 Å². The number of rotatable bonds is 4. The molecule has 14 heteroatoms. The van der Waals surface area contributed by atoms with Gasteiger partial charge >= 0.3 is 6.18 Å². The van der Waals surface area contributed by atoms with E-state index in [1.54, 1.807) is 0 Å². The average Bonchev–Trinajstić information content (AvgIpc) is 3.03. The summed E-state index contributed by atoms with van der Waals surface area (Å²) in [5.41, 5.74) is -1.12. The number of nitrogens with one attached hydrogen (secondary N) is 1. The fourth-order valence-corrected chi connectivity index (χ4v) is 5.32. The van der Waals surface area contributed by atoms with E-state index in [1.165, 1.54) is 5.38 Å². The molecule has 1 N–H and O–H groups in total. The zero-order valence-corrected chi connectivity index (χ0v) is 18.7. The number of benzene rings is 2. The lowest BCUT2D eigenvalue weighted by molar-refractivity contribution is -0.137. The molecule has 0 aliphatic carbocycles. The zero-order valence-electron chi connectivity index (χ0n) is 14.0. The van der Waals surface area contributed by atoms with Gasteiger partial charge in [-0.3, -0.25) is 4.72 Å². The van der Waals surface area contributed by atoms with E-state index < -0.39 is 38.3 Å². The lowest BCUT2D eigenvalue weighted by atomic mass is 10.1. The Morgan fingerprint density at radius 2 is 1.63 bits per heavy atom. The molecule has 0 aliphatic rings. The van der Waals surface area contributed by atoms with Crippen molar-refractivity contribution < 1.29 is 30.4 Å². The molecule has 160 valence electrons. The fraction of sp³-hybridized carbons (Fsp3) is 0.0625. The molecule has 4 nitrogen and oxygen atoms in total.